The van der Waals surface area contributed by atoms with E-state index in [0.717, 1.165) is 43.9 Å². The van der Waals surface area contributed by atoms with Gasteiger partial charge in [-0.2, -0.15) is 0 Å². The minimum atomic E-state index is -0.341. The minimum Gasteiger partial charge on any atom is -0.461 e. The molecule has 0 spiro atoms. The summed E-state index contributed by atoms with van der Waals surface area (Å²) in [5.74, 6) is -0.132. The molecule has 1 aromatic heterocycles. The number of aryl methyl sites for hydroxylation is 1. The first-order valence-electron chi connectivity index (χ1n) is 10.6. The number of likely N-dealkylation sites (N-methyl/N-ethyl adjacent to an activating group) is 1. The fourth-order valence-electron chi connectivity index (χ4n) is 3.59. The molecule has 0 aliphatic carbocycles. The number of nitrogens with one attached hydrogen (secondary N) is 1. The van der Waals surface area contributed by atoms with Crippen molar-refractivity contribution in [1.29, 1.82) is 0 Å². The molecule has 1 aliphatic heterocycles. The lowest BCUT2D eigenvalue weighted by atomic mass is 10.1. The highest BCUT2D eigenvalue weighted by molar-refractivity contribution is 5.90. The first-order chi connectivity index (χ1) is 15.5. The maximum absolute atomic E-state index is 13.6. The summed E-state index contributed by atoms with van der Waals surface area (Å²) in [6.45, 7) is 7.00. The summed E-state index contributed by atoms with van der Waals surface area (Å²) in [6, 6.07) is 11.9. The number of hydrogen-bond donors (Lipinski definition) is 1. The summed E-state index contributed by atoms with van der Waals surface area (Å²) in [4.78, 5) is 21.1. The zero-order valence-electron chi connectivity index (χ0n) is 18.3. The normalized spacial score (nSPS) is 15.0. The molecular weight excluding hydrogens is 411 g/mol. The Morgan fingerprint density at radius 2 is 1.91 bits per heavy atom. The van der Waals surface area contributed by atoms with Crippen molar-refractivity contribution in [2.45, 2.75) is 6.92 Å². The number of benzene rings is 2. The molecule has 8 heteroatoms. The van der Waals surface area contributed by atoms with Gasteiger partial charge < -0.3 is 19.4 Å². The van der Waals surface area contributed by atoms with E-state index in [1.165, 1.54) is 12.1 Å². The summed E-state index contributed by atoms with van der Waals surface area (Å²) >= 11 is 0. The van der Waals surface area contributed by atoms with Crippen molar-refractivity contribution < 1.29 is 18.3 Å². The molecule has 1 fully saturated rings. The van der Waals surface area contributed by atoms with E-state index in [9.17, 15) is 9.18 Å². The van der Waals surface area contributed by atoms with E-state index in [0.29, 0.717) is 23.6 Å². The SMILES string of the molecule is Cc1cc(F)cc(Nc2ncc(-c3ccc(C(=O)OCCN4CCN(C)CC4)cc3)o2)c1. The van der Waals surface area contributed by atoms with Crippen LogP contribution in [0.3, 0.4) is 0 Å². The lowest BCUT2D eigenvalue weighted by molar-refractivity contribution is 0.0432. The summed E-state index contributed by atoms with van der Waals surface area (Å²) < 4.78 is 24.7. The Hall–Kier alpha value is -3.23. The number of oxazole rings is 1. The van der Waals surface area contributed by atoms with Crippen LogP contribution in [0.1, 0.15) is 15.9 Å². The van der Waals surface area contributed by atoms with Crippen LogP contribution in [0.2, 0.25) is 0 Å². The van der Waals surface area contributed by atoms with Crippen molar-refractivity contribution in [3.05, 3.63) is 65.6 Å². The summed E-state index contributed by atoms with van der Waals surface area (Å²) in [5.41, 5.74) is 2.62. The number of carbonyl (C=O) groups is 1. The van der Waals surface area contributed by atoms with Gasteiger partial charge in [0.25, 0.3) is 6.01 Å². The lowest BCUT2D eigenvalue weighted by Gasteiger charge is -2.32. The van der Waals surface area contributed by atoms with E-state index in [2.05, 4.69) is 27.1 Å². The van der Waals surface area contributed by atoms with Crippen molar-refractivity contribution in [2.24, 2.45) is 0 Å². The summed E-state index contributed by atoms with van der Waals surface area (Å²) in [6.07, 6.45) is 1.58. The van der Waals surface area contributed by atoms with Gasteiger partial charge in [0.1, 0.15) is 12.4 Å². The first kappa shape index (κ1) is 22.0. The van der Waals surface area contributed by atoms with Crippen molar-refractivity contribution in [2.75, 3.05) is 51.7 Å². The van der Waals surface area contributed by atoms with Crippen molar-refractivity contribution in [3.8, 4) is 11.3 Å². The van der Waals surface area contributed by atoms with Crippen molar-refractivity contribution in [3.63, 3.8) is 0 Å². The third-order valence-electron chi connectivity index (χ3n) is 5.44. The van der Waals surface area contributed by atoms with Crippen LogP contribution >= 0.6 is 0 Å². The number of ether oxygens (including phenoxy) is 1. The molecule has 1 N–H and O–H groups in total. The Morgan fingerprint density at radius 3 is 2.62 bits per heavy atom. The fourth-order valence-corrected chi connectivity index (χ4v) is 3.59. The monoisotopic (exact) mass is 438 g/mol. The molecule has 0 bridgehead atoms. The van der Waals surface area contributed by atoms with Gasteiger partial charge in [0.15, 0.2) is 5.76 Å². The molecule has 0 saturated carbocycles. The molecule has 0 unspecified atom stereocenters. The standard InChI is InChI=1S/C24H27FN4O3/c1-17-13-20(25)15-21(14-17)27-24-26-16-22(32-24)18-3-5-19(6-4-18)23(30)31-12-11-29-9-7-28(2)8-10-29/h3-6,13-16H,7-12H2,1-2H3,(H,26,27). The van der Waals surface area contributed by atoms with Gasteiger partial charge in [-0.3, -0.25) is 4.90 Å². The van der Waals surface area contributed by atoms with Crippen LogP contribution in [0.5, 0.6) is 0 Å². The maximum atomic E-state index is 13.6. The molecule has 2 heterocycles. The van der Waals surface area contributed by atoms with Gasteiger partial charge >= 0.3 is 5.97 Å². The zero-order valence-corrected chi connectivity index (χ0v) is 18.3. The molecule has 32 heavy (non-hydrogen) atoms. The van der Waals surface area contributed by atoms with Crippen LogP contribution < -0.4 is 5.32 Å². The average molecular weight is 439 g/mol. The van der Waals surface area contributed by atoms with E-state index >= 15 is 0 Å². The molecule has 1 aliphatic rings. The van der Waals surface area contributed by atoms with Gasteiger partial charge in [0.2, 0.25) is 0 Å². The van der Waals surface area contributed by atoms with E-state index in [-0.39, 0.29) is 17.8 Å². The highest BCUT2D eigenvalue weighted by atomic mass is 19.1. The van der Waals surface area contributed by atoms with E-state index < -0.39 is 0 Å². The zero-order chi connectivity index (χ0) is 22.5. The van der Waals surface area contributed by atoms with E-state index in [4.69, 9.17) is 9.15 Å². The number of piperazine rings is 1. The molecule has 0 amide bonds. The van der Waals surface area contributed by atoms with Crippen LogP contribution in [0, 0.1) is 12.7 Å². The number of anilines is 2. The van der Waals surface area contributed by atoms with E-state index in [1.807, 2.05) is 6.92 Å². The molecule has 168 valence electrons. The molecule has 0 atom stereocenters. The second-order valence-electron chi connectivity index (χ2n) is 8.03. The number of carbonyl (C=O) groups excluding carboxylic acids is 1. The second-order valence-corrected chi connectivity index (χ2v) is 8.03. The molecule has 4 rings (SSSR count). The Balaban J connectivity index is 1.31. The topological polar surface area (TPSA) is 70.8 Å². The van der Waals surface area contributed by atoms with Gasteiger partial charge in [-0.25, -0.2) is 14.2 Å². The average Bonchev–Trinajstić information content (AvgIpc) is 3.23. The highest BCUT2D eigenvalue weighted by Gasteiger charge is 2.15. The number of hydrogen-bond acceptors (Lipinski definition) is 7. The number of nitrogens with zero attached hydrogens (tertiary/aromatic N) is 3. The third-order valence-corrected chi connectivity index (χ3v) is 5.44. The number of esters is 1. The largest absolute Gasteiger partial charge is 0.461 e. The van der Waals surface area contributed by atoms with Crippen LogP contribution in [-0.2, 0) is 4.74 Å². The molecule has 3 aromatic rings. The van der Waals surface area contributed by atoms with E-state index in [1.54, 1.807) is 36.5 Å². The van der Waals surface area contributed by atoms with Gasteiger partial charge in [-0.05, 0) is 49.9 Å². The predicted octanol–water partition coefficient (Wildman–Crippen LogP) is 3.94. The minimum absolute atomic E-state index is 0.261. The molecule has 2 aromatic carbocycles. The third kappa shape index (κ3) is 5.72. The maximum Gasteiger partial charge on any atom is 0.338 e. The molecular formula is C24H27FN4O3. The Kier molecular flexibility index (Phi) is 6.82. The van der Waals surface area contributed by atoms with Gasteiger partial charge in [0, 0.05) is 44.0 Å². The first-order valence-corrected chi connectivity index (χ1v) is 10.6. The van der Waals surface area contributed by atoms with Crippen LogP contribution in [0.25, 0.3) is 11.3 Å². The van der Waals surface area contributed by atoms with Crippen molar-refractivity contribution in [1.82, 2.24) is 14.8 Å². The number of halogens is 1. The fraction of sp³-hybridized carbons (Fsp3) is 0.333. The van der Waals surface area contributed by atoms with Crippen LogP contribution in [-0.4, -0.2) is 67.1 Å². The van der Waals surface area contributed by atoms with Gasteiger partial charge in [-0.1, -0.05) is 12.1 Å². The predicted molar refractivity (Wildman–Crippen MR) is 121 cm³/mol. The summed E-state index contributed by atoms with van der Waals surface area (Å²) in [7, 11) is 2.11. The Morgan fingerprint density at radius 1 is 1.16 bits per heavy atom. The smallest absolute Gasteiger partial charge is 0.338 e. The number of rotatable bonds is 7. The Bertz CT molecular complexity index is 1040. The second kappa shape index (κ2) is 9.93. The lowest BCUT2D eigenvalue weighted by Crippen LogP contribution is -2.45. The van der Waals surface area contributed by atoms with Crippen molar-refractivity contribution >= 4 is 17.7 Å². The van der Waals surface area contributed by atoms with Crippen LogP contribution in [0.4, 0.5) is 16.1 Å². The Labute approximate surface area is 186 Å². The van der Waals surface area contributed by atoms with Crippen LogP contribution in [0.15, 0.2) is 53.1 Å². The number of aromatic nitrogens is 1. The van der Waals surface area contributed by atoms with Gasteiger partial charge in [-0.15, -0.1) is 0 Å². The van der Waals surface area contributed by atoms with Gasteiger partial charge in [0.05, 0.1) is 11.8 Å². The highest BCUT2D eigenvalue weighted by Crippen LogP contribution is 2.25. The summed E-state index contributed by atoms with van der Waals surface area (Å²) in [5, 5.41) is 2.96. The molecule has 1 saturated heterocycles. The molecule has 0 radical (unpaired) electrons. The quantitative estimate of drug-likeness (QED) is 0.561. The molecule has 7 nitrogen and oxygen atoms in total.